The molecule has 90 valence electrons. The zero-order valence-electron chi connectivity index (χ0n) is 8.53. The van der Waals surface area contributed by atoms with E-state index in [4.69, 9.17) is 14.6 Å². The zero-order chi connectivity index (χ0) is 12.3. The number of hydrogen-bond donors (Lipinski definition) is 1. The third-order valence-electron chi connectivity index (χ3n) is 1.79. The molecule has 0 aliphatic rings. The molecule has 2 aromatic heterocycles. The number of aromatic nitrogens is 2. The Balaban J connectivity index is 1.94. The Morgan fingerprint density at radius 1 is 1.41 bits per heavy atom. The molecule has 9 heteroatoms. The SMILES string of the molecule is NCc1nnc(SCc2ccc([N+](=O)[O-])o2)o1. The highest BCUT2D eigenvalue weighted by atomic mass is 32.2. The van der Waals surface area contributed by atoms with Gasteiger partial charge in [-0.1, -0.05) is 11.8 Å². The molecule has 2 rings (SSSR count). The van der Waals surface area contributed by atoms with Crippen LogP contribution < -0.4 is 5.73 Å². The van der Waals surface area contributed by atoms with Gasteiger partial charge in [0.15, 0.2) is 0 Å². The maximum Gasteiger partial charge on any atom is 0.433 e. The molecule has 0 amide bonds. The van der Waals surface area contributed by atoms with E-state index in [1.54, 1.807) is 0 Å². The first-order chi connectivity index (χ1) is 8.19. The molecule has 0 spiro atoms. The second kappa shape index (κ2) is 4.97. The Hall–Kier alpha value is -1.87. The van der Waals surface area contributed by atoms with Gasteiger partial charge >= 0.3 is 5.88 Å². The highest BCUT2D eigenvalue weighted by Crippen LogP contribution is 2.24. The molecule has 0 bridgehead atoms. The molecule has 2 N–H and O–H groups in total. The van der Waals surface area contributed by atoms with Gasteiger partial charge in [0, 0.05) is 0 Å². The summed E-state index contributed by atoms with van der Waals surface area (Å²) in [6.45, 7) is 0.180. The Morgan fingerprint density at radius 3 is 2.82 bits per heavy atom. The molecule has 0 radical (unpaired) electrons. The van der Waals surface area contributed by atoms with Crippen molar-refractivity contribution in [3.63, 3.8) is 0 Å². The van der Waals surface area contributed by atoms with Gasteiger partial charge in [0.25, 0.3) is 5.22 Å². The monoisotopic (exact) mass is 256 g/mol. The summed E-state index contributed by atoms with van der Waals surface area (Å²) in [5.41, 5.74) is 5.31. The Morgan fingerprint density at radius 2 is 2.24 bits per heavy atom. The highest BCUT2D eigenvalue weighted by Gasteiger charge is 2.13. The first kappa shape index (κ1) is 11.6. The van der Waals surface area contributed by atoms with Gasteiger partial charge in [-0.2, -0.15) is 0 Å². The maximum atomic E-state index is 10.4. The molecular formula is C8H8N4O4S. The van der Waals surface area contributed by atoms with E-state index in [0.717, 1.165) is 0 Å². The summed E-state index contributed by atoms with van der Waals surface area (Å²) >= 11 is 1.22. The minimum Gasteiger partial charge on any atom is -0.415 e. The largest absolute Gasteiger partial charge is 0.433 e. The van der Waals surface area contributed by atoms with Crippen LogP contribution in [0.5, 0.6) is 0 Å². The van der Waals surface area contributed by atoms with E-state index in [1.165, 1.54) is 23.9 Å². The van der Waals surface area contributed by atoms with Gasteiger partial charge in [0.05, 0.1) is 18.4 Å². The van der Waals surface area contributed by atoms with Crippen LogP contribution in [0.3, 0.4) is 0 Å². The second-order valence-corrected chi connectivity index (χ2v) is 3.88. The summed E-state index contributed by atoms with van der Waals surface area (Å²) in [5.74, 6) is 0.904. The fourth-order valence-electron chi connectivity index (χ4n) is 1.05. The lowest BCUT2D eigenvalue weighted by molar-refractivity contribution is -0.402. The average Bonchev–Trinajstić information content (AvgIpc) is 2.95. The summed E-state index contributed by atoms with van der Waals surface area (Å²) in [5, 5.41) is 18.1. The molecule has 0 atom stereocenters. The van der Waals surface area contributed by atoms with Gasteiger partial charge in [0.2, 0.25) is 5.89 Å². The van der Waals surface area contributed by atoms with Gasteiger partial charge in [-0.05, 0) is 6.07 Å². The lowest BCUT2D eigenvalue weighted by Crippen LogP contribution is -1.95. The molecule has 2 aromatic rings. The lowest BCUT2D eigenvalue weighted by Gasteiger charge is -1.91. The quantitative estimate of drug-likeness (QED) is 0.483. The maximum absolute atomic E-state index is 10.4. The minimum absolute atomic E-state index is 0.180. The molecule has 0 fully saturated rings. The van der Waals surface area contributed by atoms with E-state index in [-0.39, 0.29) is 12.4 Å². The van der Waals surface area contributed by atoms with Crippen LogP contribution in [0.25, 0.3) is 0 Å². The first-order valence-corrected chi connectivity index (χ1v) is 5.56. The van der Waals surface area contributed by atoms with E-state index < -0.39 is 4.92 Å². The summed E-state index contributed by atoms with van der Waals surface area (Å²) in [6, 6.07) is 2.83. The number of nitrogens with zero attached hydrogens (tertiary/aromatic N) is 3. The summed E-state index contributed by atoms with van der Waals surface area (Å²) in [4.78, 5) is 9.79. The van der Waals surface area contributed by atoms with Crippen LogP contribution in [0, 0.1) is 10.1 Å². The first-order valence-electron chi connectivity index (χ1n) is 4.57. The van der Waals surface area contributed by atoms with E-state index in [1.807, 2.05) is 0 Å². The normalized spacial score (nSPS) is 10.6. The van der Waals surface area contributed by atoms with E-state index >= 15 is 0 Å². The predicted molar refractivity (Wildman–Crippen MR) is 57.1 cm³/mol. The summed E-state index contributed by atoms with van der Waals surface area (Å²) < 4.78 is 10.1. The Bertz CT molecular complexity index is 523. The van der Waals surface area contributed by atoms with E-state index in [0.29, 0.717) is 22.6 Å². The fourth-order valence-corrected chi connectivity index (χ4v) is 1.73. The van der Waals surface area contributed by atoms with Crippen LogP contribution in [-0.4, -0.2) is 15.1 Å². The number of thioether (sulfide) groups is 1. The predicted octanol–water partition coefficient (Wildman–Crippen LogP) is 1.32. The number of furan rings is 1. The lowest BCUT2D eigenvalue weighted by atomic mass is 10.5. The molecule has 0 unspecified atom stereocenters. The number of nitro groups is 1. The van der Waals surface area contributed by atoms with Crippen molar-refractivity contribution in [1.82, 2.24) is 10.2 Å². The van der Waals surface area contributed by atoms with Crippen LogP contribution in [0.4, 0.5) is 5.88 Å². The van der Waals surface area contributed by atoms with Crippen LogP contribution in [-0.2, 0) is 12.3 Å². The van der Waals surface area contributed by atoms with Crippen LogP contribution >= 0.6 is 11.8 Å². The molecular weight excluding hydrogens is 248 g/mol. The molecule has 2 heterocycles. The minimum atomic E-state index is -0.590. The fraction of sp³-hybridized carbons (Fsp3) is 0.250. The van der Waals surface area contributed by atoms with Crippen molar-refractivity contribution < 1.29 is 13.8 Å². The van der Waals surface area contributed by atoms with Gasteiger partial charge in [0.1, 0.15) is 10.7 Å². The Kier molecular flexibility index (Phi) is 3.40. The smallest absolute Gasteiger partial charge is 0.415 e. The van der Waals surface area contributed by atoms with Crippen LogP contribution in [0.15, 0.2) is 26.2 Å². The molecule has 17 heavy (non-hydrogen) atoms. The topological polar surface area (TPSA) is 121 Å². The van der Waals surface area contributed by atoms with Crippen LogP contribution in [0.1, 0.15) is 11.7 Å². The Labute approximate surface area is 99.3 Å². The highest BCUT2D eigenvalue weighted by molar-refractivity contribution is 7.98. The van der Waals surface area contributed by atoms with Crippen molar-refractivity contribution in [3.05, 3.63) is 33.9 Å². The van der Waals surface area contributed by atoms with Crippen molar-refractivity contribution in [1.29, 1.82) is 0 Å². The van der Waals surface area contributed by atoms with Crippen molar-refractivity contribution in [2.75, 3.05) is 0 Å². The summed E-state index contributed by atoms with van der Waals surface area (Å²) in [6.07, 6.45) is 0. The average molecular weight is 256 g/mol. The second-order valence-electron chi connectivity index (χ2n) is 2.95. The molecule has 0 saturated heterocycles. The standard InChI is InChI=1S/C8H8N4O4S/c9-3-6-10-11-8(16-6)17-4-5-1-2-7(15-5)12(13)14/h1-2H,3-4,9H2. The number of nitrogens with two attached hydrogens (primary N) is 1. The van der Waals surface area contributed by atoms with Crippen LogP contribution in [0.2, 0.25) is 0 Å². The summed E-state index contributed by atoms with van der Waals surface area (Å²) in [7, 11) is 0. The van der Waals surface area contributed by atoms with Crippen molar-refractivity contribution >= 4 is 17.6 Å². The molecule has 0 aliphatic heterocycles. The van der Waals surface area contributed by atoms with Gasteiger partial charge in [-0.3, -0.25) is 10.1 Å². The van der Waals surface area contributed by atoms with E-state index in [2.05, 4.69) is 10.2 Å². The third-order valence-corrected chi connectivity index (χ3v) is 2.63. The zero-order valence-corrected chi connectivity index (χ0v) is 9.35. The third kappa shape index (κ3) is 2.82. The van der Waals surface area contributed by atoms with Crippen molar-refractivity contribution in [3.8, 4) is 0 Å². The van der Waals surface area contributed by atoms with Crippen molar-refractivity contribution in [2.24, 2.45) is 5.73 Å². The van der Waals surface area contributed by atoms with E-state index in [9.17, 15) is 10.1 Å². The molecule has 8 nitrogen and oxygen atoms in total. The molecule has 0 aromatic carbocycles. The number of rotatable bonds is 5. The molecule has 0 saturated carbocycles. The van der Waals surface area contributed by atoms with Gasteiger partial charge in [-0.15, -0.1) is 10.2 Å². The molecule has 0 aliphatic carbocycles. The van der Waals surface area contributed by atoms with Gasteiger partial charge in [-0.25, -0.2) is 0 Å². The number of hydrogen-bond acceptors (Lipinski definition) is 8. The van der Waals surface area contributed by atoms with Crippen molar-refractivity contribution in [2.45, 2.75) is 17.5 Å². The van der Waals surface area contributed by atoms with Gasteiger partial charge < -0.3 is 14.6 Å².